The number of ether oxygens (including phenoxy) is 3. The fraction of sp³-hybridized carbons (Fsp3) is 0.769. The number of esters is 1. The smallest absolute Gasteiger partial charge is 0.316 e. The molecule has 6 rings (SSSR count). The molecule has 238 valence electrons. The van der Waals surface area contributed by atoms with Gasteiger partial charge in [-0.2, -0.15) is 0 Å². The lowest BCUT2D eigenvalue weighted by Gasteiger charge is -2.58. The van der Waals surface area contributed by atoms with Crippen LogP contribution in [0.3, 0.4) is 0 Å². The van der Waals surface area contributed by atoms with Gasteiger partial charge in [0.25, 0.3) is 0 Å². The zero-order valence-corrected chi connectivity index (χ0v) is 27.9. The van der Waals surface area contributed by atoms with Gasteiger partial charge in [-0.15, -0.1) is 0 Å². The molecule has 8 atom stereocenters. The Morgan fingerprint density at radius 3 is 2.40 bits per heavy atom. The van der Waals surface area contributed by atoms with Crippen molar-refractivity contribution in [1.82, 2.24) is 0 Å². The number of benzene rings is 1. The first-order valence-corrected chi connectivity index (χ1v) is 17.7. The molecule has 43 heavy (non-hydrogen) atoms. The number of carbonyl (C=O) groups excluding carboxylic acids is 1. The first-order chi connectivity index (χ1) is 20.5. The molecule has 0 spiro atoms. The predicted molar refractivity (Wildman–Crippen MR) is 172 cm³/mol. The van der Waals surface area contributed by atoms with Gasteiger partial charge in [0.2, 0.25) is 0 Å². The van der Waals surface area contributed by atoms with Crippen LogP contribution in [-0.4, -0.2) is 25.3 Å². The van der Waals surface area contributed by atoms with E-state index >= 15 is 0 Å². The summed E-state index contributed by atoms with van der Waals surface area (Å²) in [4.78, 5) is 13.4. The van der Waals surface area contributed by atoms with Gasteiger partial charge in [-0.1, -0.05) is 95.9 Å². The van der Waals surface area contributed by atoms with Crippen molar-refractivity contribution < 1.29 is 19.0 Å². The molecule has 1 aromatic rings. The van der Waals surface area contributed by atoms with Crippen molar-refractivity contribution in [3.05, 3.63) is 47.5 Å². The first-order valence-electron chi connectivity index (χ1n) is 17.7. The van der Waals surface area contributed by atoms with Crippen molar-refractivity contribution in [3.8, 4) is 0 Å². The summed E-state index contributed by atoms with van der Waals surface area (Å²) in [5.74, 6) is 4.89. The number of hydrogen-bond acceptors (Lipinski definition) is 4. The summed E-state index contributed by atoms with van der Waals surface area (Å²) in [6.07, 6.45) is 16.2. The van der Waals surface area contributed by atoms with E-state index in [4.69, 9.17) is 14.2 Å². The van der Waals surface area contributed by atoms with E-state index in [1.165, 1.54) is 51.4 Å². The monoisotopic (exact) mass is 590 g/mol. The van der Waals surface area contributed by atoms with E-state index in [1.54, 1.807) is 5.57 Å². The zero-order valence-electron chi connectivity index (χ0n) is 27.9. The maximum Gasteiger partial charge on any atom is 0.316 e. The van der Waals surface area contributed by atoms with Crippen LogP contribution < -0.4 is 0 Å². The summed E-state index contributed by atoms with van der Waals surface area (Å²) < 4.78 is 18.3. The van der Waals surface area contributed by atoms with Crippen molar-refractivity contribution in [1.29, 1.82) is 0 Å². The second kappa shape index (κ2) is 12.3. The van der Waals surface area contributed by atoms with Gasteiger partial charge in [0.15, 0.2) is 6.29 Å². The molecule has 0 aromatic heterocycles. The van der Waals surface area contributed by atoms with Crippen LogP contribution in [0, 0.1) is 51.8 Å². The van der Waals surface area contributed by atoms with Crippen molar-refractivity contribution in [2.45, 2.75) is 125 Å². The molecule has 1 aromatic carbocycles. The molecule has 5 aliphatic rings. The molecule has 4 fully saturated rings. The van der Waals surface area contributed by atoms with E-state index in [9.17, 15) is 4.79 Å². The average molecular weight is 591 g/mol. The minimum absolute atomic E-state index is 0.0385. The zero-order chi connectivity index (χ0) is 30.4. The summed E-state index contributed by atoms with van der Waals surface area (Å²) >= 11 is 0. The largest absolute Gasteiger partial charge is 0.461 e. The predicted octanol–water partition coefficient (Wildman–Crippen LogP) is 9.69. The molecule has 0 N–H and O–H groups in total. The normalized spacial score (nSPS) is 41.5. The minimum atomic E-state index is -0.767. The number of carbonyl (C=O) groups is 1. The van der Waals surface area contributed by atoms with Gasteiger partial charge >= 0.3 is 5.97 Å². The lowest BCUT2D eigenvalue weighted by molar-refractivity contribution is -0.238. The number of rotatable bonds is 8. The summed E-state index contributed by atoms with van der Waals surface area (Å²) in [5.41, 5.74) is 2.57. The Morgan fingerprint density at radius 1 is 0.930 bits per heavy atom. The summed E-state index contributed by atoms with van der Waals surface area (Å²) in [6.45, 7) is 15.1. The molecule has 1 saturated heterocycles. The Morgan fingerprint density at radius 2 is 1.67 bits per heavy atom. The SMILES string of the molecule is CC(C)CCC[C@H](C)[C@@H]1CC[C@@H]2[C@H]3CC=C4C[C@@H](OC(=O)C5(C)COC(c6ccccc6)OC5)CC[C@]4(C)[C@@H]3CC[C@]21C. The maximum atomic E-state index is 13.4. The molecule has 0 bridgehead atoms. The Kier molecular flexibility index (Phi) is 8.94. The highest BCUT2D eigenvalue weighted by molar-refractivity contribution is 5.77. The standard InChI is InChI=1S/C39H58O4/c1-26(2)11-10-12-27(3)32-17-18-33-31-16-15-29-23-30(19-21-38(29,5)34(31)20-22-39(32,33)6)43-36(40)37(4)24-41-35(42-25-37)28-13-8-7-9-14-28/h7-9,13-15,26-27,30-35H,10-12,16-25H2,1-6H3/t27-,30-,31+,32-,33+,34+,35?,37?,38-,39-/m0/s1. The summed E-state index contributed by atoms with van der Waals surface area (Å²) in [7, 11) is 0. The van der Waals surface area contributed by atoms with Gasteiger partial charge in [-0.25, -0.2) is 0 Å². The van der Waals surface area contributed by atoms with Gasteiger partial charge in [0.1, 0.15) is 11.5 Å². The van der Waals surface area contributed by atoms with Gasteiger partial charge in [-0.05, 0) is 98.2 Å². The lowest BCUT2D eigenvalue weighted by atomic mass is 9.47. The van der Waals surface area contributed by atoms with Crippen LogP contribution in [-0.2, 0) is 19.0 Å². The number of allylic oxidation sites excluding steroid dienone is 1. The molecule has 1 aliphatic heterocycles. The third-order valence-corrected chi connectivity index (χ3v) is 13.2. The lowest BCUT2D eigenvalue weighted by Crippen LogP contribution is -2.51. The molecular weight excluding hydrogens is 532 g/mol. The maximum absolute atomic E-state index is 13.4. The molecule has 0 radical (unpaired) electrons. The minimum Gasteiger partial charge on any atom is -0.461 e. The molecular formula is C39H58O4. The summed E-state index contributed by atoms with van der Waals surface area (Å²) in [6, 6.07) is 9.95. The van der Waals surface area contributed by atoms with E-state index in [0.29, 0.717) is 18.6 Å². The Labute approximate surface area is 261 Å². The second-order valence-electron chi connectivity index (χ2n) is 16.5. The first kappa shape index (κ1) is 31.3. The summed E-state index contributed by atoms with van der Waals surface area (Å²) in [5, 5.41) is 0. The van der Waals surface area contributed by atoms with Crippen molar-refractivity contribution in [3.63, 3.8) is 0 Å². The Bertz CT molecular complexity index is 1150. The van der Waals surface area contributed by atoms with Crippen LogP contribution in [0.5, 0.6) is 0 Å². The van der Waals surface area contributed by atoms with Crippen LogP contribution in [0.25, 0.3) is 0 Å². The second-order valence-corrected chi connectivity index (χ2v) is 16.5. The Hall–Kier alpha value is -1.65. The molecule has 4 aliphatic carbocycles. The topological polar surface area (TPSA) is 44.8 Å². The third-order valence-electron chi connectivity index (χ3n) is 13.2. The van der Waals surface area contributed by atoms with Crippen molar-refractivity contribution in [2.75, 3.05) is 13.2 Å². The van der Waals surface area contributed by atoms with Crippen molar-refractivity contribution >= 4 is 5.97 Å². The van der Waals surface area contributed by atoms with Gasteiger partial charge in [0.05, 0.1) is 13.2 Å². The van der Waals surface area contributed by atoms with E-state index in [1.807, 2.05) is 37.3 Å². The average Bonchev–Trinajstić information content (AvgIpc) is 3.35. The van der Waals surface area contributed by atoms with Crippen LogP contribution in [0.15, 0.2) is 42.0 Å². The van der Waals surface area contributed by atoms with Crippen LogP contribution in [0.2, 0.25) is 0 Å². The van der Waals surface area contributed by atoms with Gasteiger partial charge in [0, 0.05) is 12.0 Å². The number of fused-ring (bicyclic) bond motifs is 5. The molecule has 0 unspecified atom stereocenters. The highest BCUT2D eigenvalue weighted by atomic mass is 16.7. The van der Waals surface area contributed by atoms with E-state index in [2.05, 4.69) is 40.7 Å². The number of hydrogen-bond donors (Lipinski definition) is 0. The van der Waals surface area contributed by atoms with Gasteiger partial charge in [-0.3, -0.25) is 4.79 Å². The van der Waals surface area contributed by atoms with Crippen LogP contribution in [0.4, 0.5) is 0 Å². The molecule has 4 nitrogen and oxygen atoms in total. The van der Waals surface area contributed by atoms with Crippen molar-refractivity contribution in [2.24, 2.45) is 51.8 Å². The molecule has 0 amide bonds. The van der Waals surface area contributed by atoms with E-state index in [0.717, 1.165) is 60.3 Å². The highest BCUT2D eigenvalue weighted by Crippen LogP contribution is 2.67. The highest BCUT2D eigenvalue weighted by Gasteiger charge is 2.59. The van der Waals surface area contributed by atoms with Crippen LogP contribution in [0.1, 0.15) is 124 Å². The fourth-order valence-electron chi connectivity index (χ4n) is 10.6. The quantitative estimate of drug-likeness (QED) is 0.223. The van der Waals surface area contributed by atoms with E-state index in [-0.39, 0.29) is 17.5 Å². The third kappa shape index (κ3) is 5.89. The van der Waals surface area contributed by atoms with Crippen LogP contribution >= 0.6 is 0 Å². The fourth-order valence-corrected chi connectivity index (χ4v) is 10.6. The van der Waals surface area contributed by atoms with Gasteiger partial charge < -0.3 is 14.2 Å². The molecule has 4 heteroatoms. The molecule has 3 saturated carbocycles. The molecule has 1 heterocycles. The Balaban J connectivity index is 1.06. The van der Waals surface area contributed by atoms with E-state index < -0.39 is 11.7 Å².